The van der Waals surface area contributed by atoms with Gasteiger partial charge in [0.15, 0.2) is 0 Å². The van der Waals surface area contributed by atoms with E-state index in [2.05, 4.69) is 94.1 Å². The van der Waals surface area contributed by atoms with E-state index in [4.69, 9.17) is 4.99 Å². The van der Waals surface area contributed by atoms with Crippen LogP contribution < -0.4 is 0 Å². The lowest BCUT2D eigenvalue weighted by Gasteiger charge is -2.06. The summed E-state index contributed by atoms with van der Waals surface area (Å²) in [7, 11) is 0. The van der Waals surface area contributed by atoms with Crippen molar-refractivity contribution < 1.29 is 0 Å². The van der Waals surface area contributed by atoms with Crippen LogP contribution in [0, 0.1) is 13.8 Å². The molecule has 0 radical (unpaired) electrons. The molecule has 0 aliphatic heterocycles. The highest BCUT2D eigenvalue weighted by Crippen LogP contribution is 2.13. The van der Waals surface area contributed by atoms with E-state index in [1.807, 2.05) is 30.3 Å². The molecule has 148 valence electrons. The summed E-state index contributed by atoms with van der Waals surface area (Å²) in [5.74, 6) is 0. The molecule has 0 unspecified atom stereocenters. The van der Waals surface area contributed by atoms with Crippen LogP contribution in [-0.4, -0.2) is 12.3 Å². The molecule has 0 saturated carbocycles. The van der Waals surface area contributed by atoms with Gasteiger partial charge in [-0.2, -0.15) is 0 Å². The van der Waals surface area contributed by atoms with E-state index in [1.54, 1.807) is 0 Å². The maximum atomic E-state index is 4.74. The number of benzene rings is 3. The third-order valence-electron chi connectivity index (χ3n) is 4.45. The van der Waals surface area contributed by atoms with E-state index in [9.17, 15) is 0 Å². The van der Waals surface area contributed by atoms with Gasteiger partial charge in [-0.15, -0.1) is 0 Å². The van der Waals surface area contributed by atoms with Crippen LogP contribution >= 0.6 is 0 Å². The van der Waals surface area contributed by atoms with Crippen molar-refractivity contribution >= 4 is 17.9 Å². The Balaban J connectivity index is 0.000000360. The highest BCUT2D eigenvalue weighted by molar-refractivity contribution is 6.11. The maximum absolute atomic E-state index is 4.74. The first-order chi connectivity index (χ1) is 14.1. The van der Waals surface area contributed by atoms with Crippen molar-refractivity contribution in [3.05, 3.63) is 119 Å². The minimum Gasteiger partial charge on any atom is -0.285 e. The number of nitrogens with zero attached hydrogens (tertiary/aromatic N) is 1. The number of aliphatic imine (C=N–C) groups is 1. The van der Waals surface area contributed by atoms with Crippen LogP contribution in [-0.2, 0) is 0 Å². The van der Waals surface area contributed by atoms with Gasteiger partial charge in [0.05, 0.1) is 5.71 Å². The minimum atomic E-state index is 0.848. The van der Waals surface area contributed by atoms with Gasteiger partial charge in [0.2, 0.25) is 0 Å². The van der Waals surface area contributed by atoms with Gasteiger partial charge in [-0.25, -0.2) is 0 Å². The molecule has 29 heavy (non-hydrogen) atoms. The highest BCUT2D eigenvalue weighted by Gasteiger charge is 2.02. The Morgan fingerprint density at radius 2 is 1.55 bits per heavy atom. The maximum Gasteiger partial charge on any atom is 0.0649 e. The van der Waals surface area contributed by atoms with Crippen LogP contribution in [0.1, 0.15) is 41.2 Å². The summed E-state index contributed by atoms with van der Waals surface area (Å²) in [4.78, 5) is 4.74. The lowest BCUT2D eigenvalue weighted by molar-refractivity contribution is 0.933. The molecule has 0 bridgehead atoms. The fourth-order valence-electron chi connectivity index (χ4n) is 2.82. The minimum absolute atomic E-state index is 0.848. The lowest BCUT2D eigenvalue weighted by Crippen LogP contribution is -2.01. The zero-order valence-corrected chi connectivity index (χ0v) is 17.8. The Bertz CT molecular complexity index is 949. The second-order valence-electron chi connectivity index (χ2n) is 6.94. The molecule has 0 heterocycles. The first-order valence-corrected chi connectivity index (χ1v) is 10.2. The summed E-state index contributed by atoms with van der Waals surface area (Å²) in [6.45, 7) is 11.0. The largest absolute Gasteiger partial charge is 0.285 e. The van der Waals surface area contributed by atoms with Gasteiger partial charge in [-0.3, -0.25) is 4.99 Å². The fourth-order valence-corrected chi connectivity index (χ4v) is 2.82. The zero-order valence-electron chi connectivity index (χ0n) is 17.8. The van der Waals surface area contributed by atoms with Crippen molar-refractivity contribution in [1.82, 2.24) is 0 Å². The predicted octanol–water partition coefficient (Wildman–Crippen LogP) is 7.55. The van der Waals surface area contributed by atoms with Crippen molar-refractivity contribution in [3.63, 3.8) is 0 Å². The van der Waals surface area contributed by atoms with Gasteiger partial charge in [-0.1, -0.05) is 104 Å². The Morgan fingerprint density at radius 3 is 2.17 bits per heavy atom. The molecule has 0 N–H and O–H groups in total. The van der Waals surface area contributed by atoms with Gasteiger partial charge in [0.1, 0.15) is 0 Å². The second kappa shape index (κ2) is 12.3. The molecule has 0 aliphatic carbocycles. The van der Waals surface area contributed by atoms with Gasteiger partial charge in [0.25, 0.3) is 0 Å². The average molecular weight is 382 g/mol. The van der Waals surface area contributed by atoms with Crippen molar-refractivity contribution in [2.45, 2.75) is 27.2 Å². The summed E-state index contributed by atoms with van der Waals surface area (Å²) in [6.07, 6.45) is 7.15. The van der Waals surface area contributed by atoms with Crippen LogP contribution in [0.5, 0.6) is 0 Å². The van der Waals surface area contributed by atoms with Crippen molar-refractivity contribution in [2.24, 2.45) is 4.99 Å². The molecule has 3 rings (SSSR count). The van der Waals surface area contributed by atoms with Crippen LogP contribution in [0.2, 0.25) is 0 Å². The van der Waals surface area contributed by atoms with E-state index in [0.29, 0.717) is 0 Å². The Hall–Kier alpha value is -3.19. The molecule has 0 fully saturated rings. The van der Waals surface area contributed by atoms with Crippen LogP contribution in [0.15, 0.2) is 96.5 Å². The van der Waals surface area contributed by atoms with Crippen LogP contribution in [0.4, 0.5) is 0 Å². The summed E-state index contributed by atoms with van der Waals surface area (Å²) < 4.78 is 0. The molecule has 0 amide bonds. The topological polar surface area (TPSA) is 12.4 Å². The first-order valence-electron chi connectivity index (χ1n) is 10.2. The SMILES string of the molecule is C=Cc1cccc(/C=C/C(=NCCC)c2ccccc2C)c1.Cc1ccccc1. The third kappa shape index (κ3) is 7.75. The number of hydrogen-bond acceptors (Lipinski definition) is 1. The van der Waals surface area contributed by atoms with Gasteiger partial charge in [0, 0.05) is 12.1 Å². The highest BCUT2D eigenvalue weighted by atomic mass is 14.7. The van der Waals surface area contributed by atoms with E-state index < -0.39 is 0 Å². The van der Waals surface area contributed by atoms with E-state index >= 15 is 0 Å². The standard InChI is InChI=1S/C21H23N.C7H8/c1-4-15-22-21(20-12-7-6-9-17(20)3)14-13-19-11-8-10-18(5-2)16-19;1-7-5-3-2-4-6-7/h5-14,16H,2,4,15H2,1,3H3;2-6H,1H3/b14-13+,22-21?;. The molecule has 0 atom stereocenters. The fraction of sp³-hybridized carbons (Fsp3) is 0.179. The van der Waals surface area contributed by atoms with Crippen molar-refractivity contribution in [2.75, 3.05) is 6.54 Å². The van der Waals surface area contributed by atoms with Crippen molar-refractivity contribution in [1.29, 1.82) is 0 Å². The molecule has 3 aromatic rings. The van der Waals surface area contributed by atoms with Gasteiger partial charge in [-0.05, 0) is 49.1 Å². The first kappa shape index (κ1) is 22.1. The van der Waals surface area contributed by atoms with Gasteiger partial charge >= 0.3 is 0 Å². The quantitative estimate of drug-likeness (QED) is 0.391. The van der Waals surface area contributed by atoms with Crippen LogP contribution in [0.3, 0.4) is 0 Å². The average Bonchev–Trinajstić information content (AvgIpc) is 2.76. The molecule has 0 aromatic heterocycles. The summed E-state index contributed by atoms with van der Waals surface area (Å²) in [5, 5.41) is 0. The summed E-state index contributed by atoms with van der Waals surface area (Å²) in [5.41, 5.74) is 7.11. The molecular weight excluding hydrogens is 350 g/mol. The summed E-state index contributed by atoms with van der Waals surface area (Å²) >= 11 is 0. The molecular formula is C28H31N. The molecule has 1 heteroatoms. The molecule has 1 nitrogen and oxygen atoms in total. The van der Waals surface area contributed by atoms with E-state index in [0.717, 1.165) is 29.8 Å². The Labute approximate surface area is 176 Å². The second-order valence-corrected chi connectivity index (χ2v) is 6.94. The monoisotopic (exact) mass is 381 g/mol. The van der Waals surface area contributed by atoms with Crippen molar-refractivity contribution in [3.8, 4) is 0 Å². The third-order valence-corrected chi connectivity index (χ3v) is 4.45. The summed E-state index contributed by atoms with van der Waals surface area (Å²) in [6, 6.07) is 27.0. The van der Waals surface area contributed by atoms with E-state index in [1.165, 1.54) is 16.7 Å². The zero-order chi connectivity index (χ0) is 20.9. The normalized spacial score (nSPS) is 11.1. The van der Waals surface area contributed by atoms with Gasteiger partial charge < -0.3 is 0 Å². The molecule has 0 spiro atoms. The number of allylic oxidation sites excluding steroid dienone is 1. The molecule has 3 aromatic carbocycles. The van der Waals surface area contributed by atoms with E-state index in [-0.39, 0.29) is 0 Å². The number of aryl methyl sites for hydroxylation is 2. The lowest BCUT2D eigenvalue weighted by atomic mass is 10.0. The smallest absolute Gasteiger partial charge is 0.0649 e. The molecule has 0 aliphatic rings. The molecule has 0 saturated heterocycles. The Kier molecular flexibility index (Phi) is 9.38. The van der Waals surface area contributed by atoms with Crippen LogP contribution in [0.25, 0.3) is 12.2 Å². The number of hydrogen-bond donors (Lipinski definition) is 0. The number of rotatable bonds is 6. The Morgan fingerprint density at radius 1 is 0.862 bits per heavy atom. The predicted molar refractivity (Wildman–Crippen MR) is 130 cm³/mol.